The summed E-state index contributed by atoms with van der Waals surface area (Å²) in [6.07, 6.45) is 0. The van der Waals surface area contributed by atoms with E-state index in [2.05, 4.69) is 21.2 Å². The average Bonchev–Trinajstić information content (AvgIpc) is 2.15. The average molecular weight is 265 g/mol. The van der Waals surface area contributed by atoms with Gasteiger partial charge in [-0.05, 0) is 20.8 Å². The number of amides is 2. The van der Waals surface area contributed by atoms with Crippen LogP contribution in [0.1, 0.15) is 20.8 Å². The molecule has 0 aliphatic rings. The Bertz CT molecular complexity index is 203. The topological polar surface area (TPSA) is 49.4 Å². The molecule has 82 valence electrons. The molecule has 5 heteroatoms. The number of carbonyl (C=O) groups excluding carboxylic acids is 2. The first-order valence-electron chi connectivity index (χ1n) is 4.72. The number of hydrogen-bond donors (Lipinski definition) is 1. The summed E-state index contributed by atoms with van der Waals surface area (Å²) in [5.41, 5.74) is 0. The first-order chi connectivity index (χ1) is 6.52. The van der Waals surface area contributed by atoms with Gasteiger partial charge in [-0.25, -0.2) is 0 Å². The van der Waals surface area contributed by atoms with Crippen molar-refractivity contribution in [1.82, 2.24) is 10.2 Å². The van der Waals surface area contributed by atoms with Crippen LogP contribution in [0.15, 0.2) is 0 Å². The lowest BCUT2D eigenvalue weighted by Gasteiger charge is -2.18. The Morgan fingerprint density at radius 2 is 1.86 bits per heavy atom. The molecule has 0 radical (unpaired) electrons. The Morgan fingerprint density at radius 3 is 2.21 bits per heavy atom. The van der Waals surface area contributed by atoms with Crippen LogP contribution in [0.25, 0.3) is 0 Å². The first-order valence-corrected chi connectivity index (χ1v) is 5.64. The van der Waals surface area contributed by atoms with Gasteiger partial charge < -0.3 is 10.2 Å². The van der Waals surface area contributed by atoms with Gasteiger partial charge in [0.15, 0.2) is 0 Å². The Labute approximate surface area is 93.2 Å². The summed E-state index contributed by atoms with van der Waals surface area (Å²) in [4.78, 5) is 24.0. The highest BCUT2D eigenvalue weighted by Crippen LogP contribution is 1.96. The van der Waals surface area contributed by atoms with Crippen LogP contribution in [0.4, 0.5) is 0 Å². The number of carbonyl (C=O) groups is 2. The van der Waals surface area contributed by atoms with E-state index in [0.29, 0.717) is 13.1 Å². The summed E-state index contributed by atoms with van der Waals surface area (Å²) in [5.74, 6) is -0.206. The second-order valence-electron chi connectivity index (χ2n) is 2.90. The first kappa shape index (κ1) is 13.4. The van der Waals surface area contributed by atoms with Crippen LogP contribution in [0.3, 0.4) is 0 Å². The summed E-state index contributed by atoms with van der Waals surface area (Å²) in [6, 6.07) is 0. The number of hydrogen-bond acceptors (Lipinski definition) is 2. The maximum Gasteiger partial charge on any atom is 0.241 e. The van der Waals surface area contributed by atoms with Crippen molar-refractivity contribution in [1.29, 1.82) is 0 Å². The lowest BCUT2D eigenvalue weighted by molar-refractivity contribution is -0.132. The van der Waals surface area contributed by atoms with Crippen molar-refractivity contribution in [3.63, 3.8) is 0 Å². The fraction of sp³-hybridized carbons (Fsp3) is 0.778. The van der Waals surface area contributed by atoms with E-state index in [1.165, 1.54) is 0 Å². The third-order valence-corrected chi connectivity index (χ3v) is 2.31. The molecule has 0 fully saturated rings. The molecule has 14 heavy (non-hydrogen) atoms. The lowest BCUT2D eigenvalue weighted by Crippen LogP contribution is -2.41. The van der Waals surface area contributed by atoms with Crippen molar-refractivity contribution < 1.29 is 9.59 Å². The number of likely N-dealkylation sites (N-methyl/N-ethyl adjacent to an activating group) is 1. The summed E-state index contributed by atoms with van der Waals surface area (Å²) in [5, 5.41) is 2.55. The Balaban J connectivity index is 3.89. The Kier molecular flexibility index (Phi) is 6.53. The zero-order chi connectivity index (χ0) is 11.1. The highest BCUT2D eigenvalue weighted by atomic mass is 79.9. The minimum absolute atomic E-state index is 0.0449. The molecule has 1 unspecified atom stereocenters. The van der Waals surface area contributed by atoms with E-state index in [0.717, 1.165) is 0 Å². The predicted molar refractivity (Wildman–Crippen MR) is 59.3 cm³/mol. The van der Waals surface area contributed by atoms with Crippen LogP contribution < -0.4 is 5.32 Å². The van der Waals surface area contributed by atoms with Crippen molar-refractivity contribution in [2.24, 2.45) is 0 Å². The monoisotopic (exact) mass is 264 g/mol. The van der Waals surface area contributed by atoms with Gasteiger partial charge >= 0.3 is 0 Å². The van der Waals surface area contributed by atoms with E-state index in [4.69, 9.17) is 0 Å². The Morgan fingerprint density at radius 1 is 1.36 bits per heavy atom. The molecule has 0 aliphatic heterocycles. The smallest absolute Gasteiger partial charge is 0.241 e. The van der Waals surface area contributed by atoms with E-state index < -0.39 is 0 Å². The maximum absolute atomic E-state index is 11.4. The molecule has 4 nitrogen and oxygen atoms in total. The number of nitrogens with one attached hydrogen (secondary N) is 1. The SMILES string of the molecule is CCN(CC)C(=O)CNC(=O)C(C)Br. The number of alkyl halides is 1. The van der Waals surface area contributed by atoms with Crippen LogP contribution in [0, 0.1) is 0 Å². The molecule has 0 aromatic heterocycles. The number of nitrogens with zero attached hydrogens (tertiary/aromatic N) is 1. The molecule has 0 heterocycles. The van der Waals surface area contributed by atoms with E-state index in [1.54, 1.807) is 11.8 Å². The molecule has 0 aromatic rings. The standard InChI is InChI=1S/C9H17BrN2O2/c1-4-12(5-2)8(13)6-11-9(14)7(3)10/h7H,4-6H2,1-3H3,(H,11,14). The van der Waals surface area contributed by atoms with Gasteiger partial charge in [0.25, 0.3) is 0 Å². The van der Waals surface area contributed by atoms with Gasteiger partial charge in [0, 0.05) is 13.1 Å². The van der Waals surface area contributed by atoms with Crippen molar-refractivity contribution in [3.8, 4) is 0 Å². The van der Waals surface area contributed by atoms with Crippen molar-refractivity contribution >= 4 is 27.7 Å². The predicted octanol–water partition coefficient (Wildman–Crippen LogP) is 0.754. The minimum Gasteiger partial charge on any atom is -0.346 e. The van der Waals surface area contributed by atoms with Crippen molar-refractivity contribution in [2.45, 2.75) is 25.6 Å². The van der Waals surface area contributed by atoms with Gasteiger partial charge in [0.1, 0.15) is 0 Å². The molecule has 0 saturated carbocycles. The Hall–Kier alpha value is -0.580. The second kappa shape index (κ2) is 6.81. The highest BCUT2D eigenvalue weighted by molar-refractivity contribution is 9.10. The van der Waals surface area contributed by atoms with E-state index in [1.807, 2.05) is 13.8 Å². The molecule has 0 aliphatic carbocycles. The molecule has 0 aromatic carbocycles. The molecule has 1 atom stereocenters. The largest absolute Gasteiger partial charge is 0.346 e. The summed E-state index contributed by atoms with van der Waals surface area (Å²) < 4.78 is 0. The number of rotatable bonds is 5. The lowest BCUT2D eigenvalue weighted by atomic mass is 10.4. The van der Waals surface area contributed by atoms with Gasteiger partial charge in [0.05, 0.1) is 11.4 Å². The van der Waals surface area contributed by atoms with Gasteiger partial charge in [-0.2, -0.15) is 0 Å². The third-order valence-electron chi connectivity index (χ3n) is 1.89. The fourth-order valence-electron chi connectivity index (χ4n) is 0.991. The van der Waals surface area contributed by atoms with E-state index >= 15 is 0 Å². The second-order valence-corrected chi connectivity index (χ2v) is 4.27. The molecule has 0 rings (SSSR count). The van der Waals surface area contributed by atoms with Gasteiger partial charge in [-0.3, -0.25) is 9.59 Å². The summed E-state index contributed by atoms with van der Waals surface area (Å²) in [6.45, 7) is 6.98. The van der Waals surface area contributed by atoms with Crippen molar-refractivity contribution in [2.75, 3.05) is 19.6 Å². The van der Waals surface area contributed by atoms with E-state index in [-0.39, 0.29) is 23.2 Å². The molecular formula is C9H17BrN2O2. The van der Waals surface area contributed by atoms with Gasteiger partial charge in [-0.15, -0.1) is 0 Å². The van der Waals surface area contributed by atoms with Gasteiger partial charge in [0.2, 0.25) is 11.8 Å². The fourth-order valence-corrected chi connectivity index (χ4v) is 1.15. The molecular weight excluding hydrogens is 248 g/mol. The quantitative estimate of drug-likeness (QED) is 0.746. The molecule has 0 bridgehead atoms. The number of halogens is 1. The maximum atomic E-state index is 11.4. The zero-order valence-corrected chi connectivity index (χ0v) is 10.4. The third kappa shape index (κ3) is 4.60. The van der Waals surface area contributed by atoms with Gasteiger partial charge in [-0.1, -0.05) is 15.9 Å². The molecule has 2 amide bonds. The van der Waals surface area contributed by atoms with E-state index in [9.17, 15) is 9.59 Å². The molecule has 0 saturated heterocycles. The van der Waals surface area contributed by atoms with Crippen molar-refractivity contribution in [3.05, 3.63) is 0 Å². The van der Waals surface area contributed by atoms with Crippen LogP contribution in [-0.2, 0) is 9.59 Å². The van der Waals surface area contributed by atoms with Crippen LogP contribution in [-0.4, -0.2) is 41.2 Å². The minimum atomic E-state index is -0.257. The van der Waals surface area contributed by atoms with Crippen LogP contribution >= 0.6 is 15.9 Å². The van der Waals surface area contributed by atoms with Crippen LogP contribution in [0.5, 0.6) is 0 Å². The molecule has 0 spiro atoms. The molecule has 1 N–H and O–H groups in total. The normalized spacial score (nSPS) is 12.0. The van der Waals surface area contributed by atoms with Crippen LogP contribution in [0.2, 0.25) is 0 Å². The zero-order valence-electron chi connectivity index (χ0n) is 8.84. The summed E-state index contributed by atoms with van der Waals surface area (Å²) in [7, 11) is 0. The highest BCUT2D eigenvalue weighted by Gasteiger charge is 2.13. The summed E-state index contributed by atoms with van der Waals surface area (Å²) >= 11 is 3.12.